The van der Waals surface area contributed by atoms with E-state index in [-0.39, 0.29) is 0 Å². The molecule has 1 heterocycles. The van der Waals surface area contributed by atoms with Crippen molar-refractivity contribution in [1.29, 1.82) is 0 Å². The third kappa shape index (κ3) is 2.68. The number of rotatable bonds is 2. The molecule has 1 aliphatic heterocycles. The zero-order valence-electron chi connectivity index (χ0n) is 11.3. The predicted octanol–water partition coefficient (Wildman–Crippen LogP) is 3.25. The van der Waals surface area contributed by atoms with Crippen molar-refractivity contribution < 1.29 is 0 Å². The van der Waals surface area contributed by atoms with Gasteiger partial charge in [0.15, 0.2) is 0 Å². The Kier molecular flexibility index (Phi) is 3.70. The highest BCUT2D eigenvalue weighted by atomic mass is 35.5. The van der Waals surface area contributed by atoms with Crippen LogP contribution in [-0.4, -0.2) is 26.2 Å². The van der Waals surface area contributed by atoms with Crippen LogP contribution >= 0.6 is 11.6 Å². The molecule has 1 aliphatic rings. The minimum absolute atomic E-state index is 0.736. The normalized spacial score (nSPS) is 15.4. The summed E-state index contributed by atoms with van der Waals surface area (Å²) in [6, 6.07) is 16.2. The molecule has 2 aromatic rings. The molecule has 1 saturated heterocycles. The first kappa shape index (κ1) is 13.1. The maximum atomic E-state index is 6.07. The summed E-state index contributed by atoms with van der Waals surface area (Å²) in [5.41, 5.74) is 9.18. The van der Waals surface area contributed by atoms with Crippen molar-refractivity contribution in [3.8, 4) is 0 Å². The van der Waals surface area contributed by atoms with Gasteiger partial charge in [0.25, 0.3) is 0 Å². The molecule has 0 spiro atoms. The highest BCUT2D eigenvalue weighted by Gasteiger charge is 2.18. The number of nitrogens with two attached hydrogens (primary N) is 1. The second-order valence-corrected chi connectivity index (χ2v) is 5.45. The van der Waals surface area contributed by atoms with E-state index >= 15 is 0 Å². The van der Waals surface area contributed by atoms with Crippen molar-refractivity contribution in [2.75, 3.05) is 41.7 Å². The Morgan fingerprint density at radius 2 is 1.50 bits per heavy atom. The Balaban J connectivity index is 1.71. The standard InChI is InChI=1S/C16H18ClN3/c17-13-6-7-15(18)16(12-13)20-10-8-19(9-11-20)14-4-2-1-3-5-14/h1-7,12H,8-11,18H2. The third-order valence-corrected chi connectivity index (χ3v) is 3.97. The molecule has 2 aromatic carbocycles. The molecule has 20 heavy (non-hydrogen) atoms. The Bertz CT molecular complexity index is 578. The van der Waals surface area contributed by atoms with Crippen LogP contribution in [0.1, 0.15) is 0 Å². The first-order valence-corrected chi connectivity index (χ1v) is 7.22. The largest absolute Gasteiger partial charge is 0.397 e. The lowest BCUT2D eigenvalue weighted by Gasteiger charge is -2.37. The van der Waals surface area contributed by atoms with Gasteiger partial charge in [0.1, 0.15) is 0 Å². The van der Waals surface area contributed by atoms with E-state index in [1.54, 1.807) is 0 Å². The van der Waals surface area contributed by atoms with Gasteiger partial charge in [0, 0.05) is 36.9 Å². The number of halogens is 1. The van der Waals surface area contributed by atoms with Gasteiger partial charge in [0.05, 0.1) is 11.4 Å². The molecule has 0 amide bonds. The molecule has 0 unspecified atom stereocenters. The molecule has 3 nitrogen and oxygen atoms in total. The number of piperazine rings is 1. The number of hydrogen-bond donors (Lipinski definition) is 1. The van der Waals surface area contributed by atoms with Crippen molar-refractivity contribution in [3.63, 3.8) is 0 Å². The van der Waals surface area contributed by atoms with Crippen molar-refractivity contribution >= 4 is 28.7 Å². The quantitative estimate of drug-likeness (QED) is 0.861. The topological polar surface area (TPSA) is 32.5 Å². The van der Waals surface area contributed by atoms with Crippen molar-refractivity contribution in [2.24, 2.45) is 0 Å². The van der Waals surface area contributed by atoms with Gasteiger partial charge in [-0.1, -0.05) is 29.8 Å². The lowest BCUT2D eigenvalue weighted by molar-refractivity contribution is 0.654. The first-order chi connectivity index (χ1) is 9.74. The van der Waals surface area contributed by atoms with Crippen LogP contribution in [0.15, 0.2) is 48.5 Å². The van der Waals surface area contributed by atoms with E-state index in [0.717, 1.165) is 42.6 Å². The van der Waals surface area contributed by atoms with Crippen LogP contribution in [0.25, 0.3) is 0 Å². The molecule has 0 radical (unpaired) electrons. The molecule has 0 atom stereocenters. The van der Waals surface area contributed by atoms with Crippen LogP contribution in [0.4, 0.5) is 17.1 Å². The van der Waals surface area contributed by atoms with Crippen LogP contribution < -0.4 is 15.5 Å². The molecule has 3 rings (SSSR count). The number of anilines is 3. The van der Waals surface area contributed by atoms with E-state index in [1.807, 2.05) is 24.3 Å². The lowest BCUT2D eigenvalue weighted by atomic mass is 10.2. The van der Waals surface area contributed by atoms with Crippen LogP contribution in [0.3, 0.4) is 0 Å². The fourth-order valence-electron chi connectivity index (χ4n) is 2.64. The molecule has 2 N–H and O–H groups in total. The van der Waals surface area contributed by atoms with E-state index in [2.05, 4.69) is 34.1 Å². The molecule has 0 aliphatic carbocycles. The average molecular weight is 288 g/mol. The Morgan fingerprint density at radius 3 is 2.20 bits per heavy atom. The summed E-state index contributed by atoms with van der Waals surface area (Å²) in [6.07, 6.45) is 0. The Morgan fingerprint density at radius 1 is 0.850 bits per heavy atom. The smallest absolute Gasteiger partial charge is 0.0616 e. The van der Waals surface area contributed by atoms with Crippen molar-refractivity contribution in [3.05, 3.63) is 53.6 Å². The van der Waals surface area contributed by atoms with E-state index in [1.165, 1.54) is 5.69 Å². The second kappa shape index (κ2) is 5.63. The molecule has 1 fully saturated rings. The van der Waals surface area contributed by atoms with Crippen molar-refractivity contribution in [1.82, 2.24) is 0 Å². The summed E-state index contributed by atoms with van der Waals surface area (Å²) in [7, 11) is 0. The van der Waals surface area contributed by atoms with Crippen LogP contribution in [0, 0.1) is 0 Å². The molecule has 4 heteroatoms. The molecule has 0 saturated carbocycles. The first-order valence-electron chi connectivity index (χ1n) is 6.84. The summed E-state index contributed by atoms with van der Waals surface area (Å²) in [4.78, 5) is 4.71. The van der Waals surface area contributed by atoms with E-state index < -0.39 is 0 Å². The van der Waals surface area contributed by atoms with Crippen LogP contribution in [0.5, 0.6) is 0 Å². The number of nitrogens with zero attached hydrogens (tertiary/aromatic N) is 2. The average Bonchev–Trinajstić information content (AvgIpc) is 2.51. The predicted molar refractivity (Wildman–Crippen MR) is 86.7 cm³/mol. The zero-order valence-corrected chi connectivity index (χ0v) is 12.1. The minimum atomic E-state index is 0.736. The third-order valence-electron chi connectivity index (χ3n) is 3.73. The fraction of sp³-hybridized carbons (Fsp3) is 0.250. The summed E-state index contributed by atoms with van der Waals surface area (Å²) in [5.74, 6) is 0. The molecular weight excluding hydrogens is 270 g/mol. The van der Waals surface area contributed by atoms with Gasteiger partial charge in [-0.15, -0.1) is 0 Å². The Hall–Kier alpha value is -1.87. The van der Waals surface area contributed by atoms with Crippen LogP contribution in [-0.2, 0) is 0 Å². The summed E-state index contributed by atoms with van der Waals surface area (Å²) in [6.45, 7) is 3.91. The molecule has 0 aromatic heterocycles. The zero-order chi connectivity index (χ0) is 13.9. The highest BCUT2D eigenvalue weighted by molar-refractivity contribution is 6.31. The van der Waals surface area contributed by atoms with Crippen LogP contribution in [0.2, 0.25) is 5.02 Å². The van der Waals surface area contributed by atoms with E-state index in [9.17, 15) is 0 Å². The molecule has 0 bridgehead atoms. The maximum absolute atomic E-state index is 6.07. The van der Waals surface area contributed by atoms with Gasteiger partial charge in [0.2, 0.25) is 0 Å². The van der Waals surface area contributed by atoms with Gasteiger partial charge >= 0.3 is 0 Å². The van der Waals surface area contributed by atoms with Crippen molar-refractivity contribution in [2.45, 2.75) is 0 Å². The summed E-state index contributed by atoms with van der Waals surface area (Å²) in [5, 5.41) is 0.736. The number of nitrogen functional groups attached to an aromatic ring is 1. The summed E-state index contributed by atoms with van der Waals surface area (Å²) >= 11 is 6.07. The Labute approximate surface area is 124 Å². The van der Waals surface area contributed by atoms with Gasteiger partial charge in [-0.2, -0.15) is 0 Å². The fourth-order valence-corrected chi connectivity index (χ4v) is 2.80. The van der Waals surface area contributed by atoms with Gasteiger partial charge in [-0.3, -0.25) is 0 Å². The molecule has 104 valence electrons. The second-order valence-electron chi connectivity index (χ2n) is 5.01. The monoisotopic (exact) mass is 287 g/mol. The number of hydrogen-bond acceptors (Lipinski definition) is 3. The number of benzene rings is 2. The van der Waals surface area contributed by atoms with Gasteiger partial charge < -0.3 is 15.5 Å². The molecular formula is C16H18ClN3. The minimum Gasteiger partial charge on any atom is -0.397 e. The SMILES string of the molecule is Nc1ccc(Cl)cc1N1CCN(c2ccccc2)CC1. The van der Waals surface area contributed by atoms with E-state index in [0.29, 0.717) is 0 Å². The highest BCUT2D eigenvalue weighted by Crippen LogP contribution is 2.28. The van der Waals surface area contributed by atoms with Gasteiger partial charge in [-0.05, 0) is 30.3 Å². The lowest BCUT2D eigenvalue weighted by Crippen LogP contribution is -2.46. The van der Waals surface area contributed by atoms with Gasteiger partial charge in [-0.25, -0.2) is 0 Å². The van der Waals surface area contributed by atoms with E-state index in [4.69, 9.17) is 17.3 Å². The summed E-state index contributed by atoms with van der Waals surface area (Å²) < 4.78 is 0. The number of para-hydroxylation sites is 1. The maximum Gasteiger partial charge on any atom is 0.0616 e.